The minimum atomic E-state index is -0.253. The highest BCUT2D eigenvalue weighted by atomic mass is 19.1. The van der Waals surface area contributed by atoms with E-state index < -0.39 is 0 Å². The standard InChI is InChI=1S/C23H26F2N6/c24-18-11-9-17(10-12-18)22(23-26-27-28-31(23)19-5-1-2-6-19)30-15-13-29(14-16-30)21-8-4-3-7-20(21)25/h3-4,7-12,19,22H,1-2,5-6,13-16H2/p+1/t22-/m0/s1. The Bertz CT molecular complexity index is 1010. The van der Waals surface area contributed by atoms with Crippen molar-refractivity contribution in [3.8, 4) is 0 Å². The molecule has 1 saturated heterocycles. The maximum absolute atomic E-state index is 14.3. The molecule has 0 radical (unpaired) electrons. The van der Waals surface area contributed by atoms with Crippen molar-refractivity contribution < 1.29 is 13.7 Å². The number of piperazine rings is 1. The molecule has 2 aliphatic rings. The first kappa shape index (κ1) is 20.1. The van der Waals surface area contributed by atoms with E-state index in [1.165, 1.54) is 35.9 Å². The van der Waals surface area contributed by atoms with E-state index >= 15 is 0 Å². The molecular formula is C23H27F2N6+. The minimum Gasteiger partial charge on any atom is -0.358 e. The van der Waals surface area contributed by atoms with Crippen molar-refractivity contribution in [2.24, 2.45) is 0 Å². The van der Waals surface area contributed by atoms with Gasteiger partial charge in [-0.3, -0.25) is 0 Å². The minimum absolute atomic E-state index is 0.0843. The molecule has 1 N–H and O–H groups in total. The van der Waals surface area contributed by atoms with E-state index in [-0.39, 0.29) is 17.7 Å². The van der Waals surface area contributed by atoms with Gasteiger partial charge in [0.1, 0.15) is 11.6 Å². The molecule has 1 aliphatic heterocycles. The Balaban J connectivity index is 1.43. The lowest BCUT2D eigenvalue weighted by Crippen LogP contribution is -3.15. The summed E-state index contributed by atoms with van der Waals surface area (Å²) in [5.41, 5.74) is 1.65. The van der Waals surface area contributed by atoms with Gasteiger partial charge in [0.15, 0.2) is 6.04 Å². The number of nitrogens with one attached hydrogen (secondary N) is 1. The average molecular weight is 426 g/mol. The highest BCUT2D eigenvalue weighted by molar-refractivity contribution is 5.47. The number of aromatic nitrogens is 4. The number of benzene rings is 2. The first-order chi connectivity index (χ1) is 15.2. The van der Waals surface area contributed by atoms with Crippen molar-refractivity contribution in [2.75, 3.05) is 31.1 Å². The summed E-state index contributed by atoms with van der Waals surface area (Å²) < 4.78 is 29.9. The van der Waals surface area contributed by atoms with Crippen molar-refractivity contribution in [3.63, 3.8) is 0 Å². The molecule has 2 fully saturated rings. The fourth-order valence-corrected chi connectivity index (χ4v) is 5.05. The highest BCUT2D eigenvalue weighted by Crippen LogP contribution is 2.31. The van der Waals surface area contributed by atoms with Crippen LogP contribution in [0, 0.1) is 11.6 Å². The van der Waals surface area contributed by atoms with Crippen LogP contribution in [0.3, 0.4) is 0 Å². The van der Waals surface area contributed by atoms with Crippen LogP contribution in [0.4, 0.5) is 14.5 Å². The summed E-state index contributed by atoms with van der Waals surface area (Å²) in [6, 6.07) is 13.8. The van der Waals surface area contributed by atoms with Crippen LogP contribution in [-0.4, -0.2) is 46.4 Å². The van der Waals surface area contributed by atoms with E-state index in [0.29, 0.717) is 11.7 Å². The van der Waals surface area contributed by atoms with Crippen LogP contribution >= 0.6 is 0 Å². The number of quaternary nitrogens is 1. The number of hydrogen-bond acceptors (Lipinski definition) is 4. The molecular weight excluding hydrogens is 398 g/mol. The molecule has 1 saturated carbocycles. The highest BCUT2D eigenvalue weighted by Gasteiger charge is 2.36. The van der Waals surface area contributed by atoms with Crippen LogP contribution in [0.5, 0.6) is 0 Å². The summed E-state index contributed by atoms with van der Waals surface area (Å²) in [5, 5.41) is 12.8. The molecule has 6 nitrogen and oxygen atoms in total. The van der Waals surface area contributed by atoms with Crippen LogP contribution in [0.25, 0.3) is 0 Å². The van der Waals surface area contributed by atoms with Crippen LogP contribution in [0.15, 0.2) is 48.5 Å². The third-order valence-corrected chi connectivity index (χ3v) is 6.66. The number of para-hydroxylation sites is 1. The predicted octanol–water partition coefficient (Wildman–Crippen LogP) is 2.56. The largest absolute Gasteiger partial charge is 0.358 e. The van der Waals surface area contributed by atoms with Crippen molar-refractivity contribution >= 4 is 5.69 Å². The normalized spacial score (nSPS) is 19.1. The van der Waals surface area contributed by atoms with E-state index in [4.69, 9.17) is 0 Å². The number of tetrazole rings is 1. The number of anilines is 1. The van der Waals surface area contributed by atoms with Crippen LogP contribution in [0.2, 0.25) is 0 Å². The van der Waals surface area contributed by atoms with Gasteiger partial charge in [0.25, 0.3) is 0 Å². The van der Waals surface area contributed by atoms with E-state index in [1.807, 2.05) is 28.9 Å². The molecule has 1 aliphatic carbocycles. The summed E-state index contributed by atoms with van der Waals surface area (Å²) in [6.07, 6.45) is 4.56. The zero-order valence-electron chi connectivity index (χ0n) is 17.4. The summed E-state index contributed by atoms with van der Waals surface area (Å²) in [7, 11) is 0. The van der Waals surface area contributed by atoms with E-state index in [2.05, 4.69) is 20.4 Å². The van der Waals surface area contributed by atoms with Gasteiger partial charge in [0.05, 0.1) is 37.9 Å². The SMILES string of the molecule is Fc1ccc([C@@H](c2nnnn2C2CCCC2)[NH+]2CCN(c3ccccc3F)CC2)cc1. The van der Waals surface area contributed by atoms with Gasteiger partial charge >= 0.3 is 0 Å². The molecule has 3 aromatic rings. The molecule has 1 aromatic heterocycles. The van der Waals surface area contributed by atoms with Crippen molar-refractivity contribution in [3.05, 3.63) is 71.6 Å². The second-order valence-corrected chi connectivity index (χ2v) is 8.50. The van der Waals surface area contributed by atoms with E-state index in [0.717, 1.165) is 50.4 Å². The molecule has 5 rings (SSSR count). The van der Waals surface area contributed by atoms with Crippen LogP contribution in [-0.2, 0) is 0 Å². The summed E-state index contributed by atoms with van der Waals surface area (Å²) in [4.78, 5) is 3.41. The molecule has 8 heteroatoms. The van der Waals surface area contributed by atoms with Crippen molar-refractivity contribution in [1.29, 1.82) is 0 Å². The first-order valence-corrected chi connectivity index (χ1v) is 11.1. The van der Waals surface area contributed by atoms with Crippen LogP contribution in [0.1, 0.15) is 49.2 Å². The number of hydrogen-bond donors (Lipinski definition) is 1. The maximum Gasteiger partial charge on any atom is 0.214 e. The van der Waals surface area contributed by atoms with Gasteiger partial charge in [-0.2, -0.15) is 0 Å². The Kier molecular flexibility index (Phi) is 5.63. The predicted molar refractivity (Wildman–Crippen MR) is 113 cm³/mol. The maximum atomic E-state index is 14.3. The Labute approximate surface area is 180 Å². The van der Waals surface area contributed by atoms with Crippen LogP contribution < -0.4 is 9.80 Å². The van der Waals surface area contributed by atoms with Crippen molar-refractivity contribution in [2.45, 2.75) is 37.8 Å². The molecule has 2 aromatic carbocycles. The third-order valence-electron chi connectivity index (χ3n) is 6.66. The topological polar surface area (TPSA) is 51.3 Å². The zero-order chi connectivity index (χ0) is 21.2. The molecule has 0 amide bonds. The monoisotopic (exact) mass is 425 g/mol. The summed E-state index contributed by atoms with van der Waals surface area (Å²) >= 11 is 0. The van der Waals surface area contributed by atoms with Gasteiger partial charge in [0, 0.05) is 5.56 Å². The molecule has 0 unspecified atom stereocenters. The molecule has 31 heavy (non-hydrogen) atoms. The smallest absolute Gasteiger partial charge is 0.214 e. The third kappa shape index (κ3) is 4.04. The van der Waals surface area contributed by atoms with E-state index in [9.17, 15) is 8.78 Å². The Morgan fingerprint density at radius 2 is 1.65 bits per heavy atom. The van der Waals surface area contributed by atoms with Gasteiger partial charge in [-0.25, -0.2) is 13.5 Å². The summed E-state index contributed by atoms with van der Waals surface area (Å²) in [5.74, 6) is 0.399. The molecule has 162 valence electrons. The quantitative estimate of drug-likeness (QED) is 0.683. The Morgan fingerprint density at radius 1 is 0.935 bits per heavy atom. The number of halogens is 2. The lowest BCUT2D eigenvalue weighted by Gasteiger charge is -2.37. The second-order valence-electron chi connectivity index (χ2n) is 8.50. The van der Waals surface area contributed by atoms with Gasteiger partial charge in [-0.15, -0.1) is 5.10 Å². The molecule has 2 heterocycles. The lowest BCUT2D eigenvalue weighted by atomic mass is 10.0. The van der Waals surface area contributed by atoms with Gasteiger partial charge < -0.3 is 9.80 Å². The average Bonchev–Trinajstić information content (AvgIpc) is 3.48. The fourth-order valence-electron chi connectivity index (χ4n) is 5.05. The number of rotatable bonds is 5. The molecule has 0 bridgehead atoms. The van der Waals surface area contributed by atoms with Gasteiger partial charge in [0.2, 0.25) is 5.82 Å². The second kappa shape index (κ2) is 8.70. The number of nitrogens with zero attached hydrogens (tertiary/aromatic N) is 5. The fraction of sp³-hybridized carbons (Fsp3) is 0.435. The Morgan fingerprint density at radius 3 is 2.35 bits per heavy atom. The first-order valence-electron chi connectivity index (χ1n) is 11.1. The van der Waals surface area contributed by atoms with E-state index in [1.54, 1.807) is 6.07 Å². The van der Waals surface area contributed by atoms with Gasteiger partial charge in [-0.1, -0.05) is 25.0 Å². The van der Waals surface area contributed by atoms with Gasteiger partial charge in [-0.05, 0) is 59.7 Å². The molecule has 1 atom stereocenters. The summed E-state index contributed by atoms with van der Waals surface area (Å²) in [6.45, 7) is 3.10. The molecule has 0 spiro atoms. The van der Waals surface area contributed by atoms with Crippen molar-refractivity contribution in [1.82, 2.24) is 20.2 Å². The lowest BCUT2D eigenvalue weighted by molar-refractivity contribution is -0.927. The Hall–Kier alpha value is -2.87. The zero-order valence-corrected chi connectivity index (χ0v) is 17.4.